The van der Waals surface area contributed by atoms with Gasteiger partial charge in [0.25, 0.3) is 0 Å². The number of rotatable bonds is 7. The first-order valence-corrected chi connectivity index (χ1v) is 8.93. The number of hydrogen-bond acceptors (Lipinski definition) is 4. The van der Waals surface area contributed by atoms with E-state index in [0.717, 1.165) is 29.6 Å². The molecule has 1 aromatic heterocycles. The molecule has 0 aromatic carbocycles. The molecule has 124 valence electrons. The predicted molar refractivity (Wildman–Crippen MR) is 96.0 cm³/mol. The molecule has 3 rings (SSSR count). The summed E-state index contributed by atoms with van der Waals surface area (Å²) < 4.78 is 0. The monoisotopic (exact) mass is 312 g/mol. The molecule has 1 aromatic rings. The lowest BCUT2D eigenvalue weighted by Crippen LogP contribution is -2.23. The van der Waals surface area contributed by atoms with Crippen LogP contribution in [-0.4, -0.2) is 23.1 Å². The molecule has 0 bridgehead atoms. The van der Waals surface area contributed by atoms with Gasteiger partial charge < -0.3 is 10.6 Å². The quantitative estimate of drug-likeness (QED) is 0.743. The minimum absolute atomic E-state index is 0.519. The number of nitrogens with one attached hydrogen (secondary N) is 2. The van der Waals surface area contributed by atoms with Crippen LogP contribution in [0.1, 0.15) is 57.1 Å². The lowest BCUT2D eigenvalue weighted by molar-refractivity contribution is 0.461. The highest BCUT2D eigenvalue weighted by atomic mass is 15.1. The van der Waals surface area contributed by atoms with E-state index in [9.17, 15) is 0 Å². The normalized spacial score (nSPS) is 19.9. The van der Waals surface area contributed by atoms with Gasteiger partial charge in [0.05, 0.1) is 5.69 Å². The fourth-order valence-electron chi connectivity index (χ4n) is 3.35. The molecule has 23 heavy (non-hydrogen) atoms. The van der Waals surface area contributed by atoms with E-state index < -0.39 is 0 Å². The van der Waals surface area contributed by atoms with Crippen molar-refractivity contribution in [3.8, 4) is 0 Å². The second-order valence-electron chi connectivity index (χ2n) is 6.74. The Labute approximate surface area is 139 Å². The van der Waals surface area contributed by atoms with E-state index in [4.69, 9.17) is 4.98 Å². The Morgan fingerprint density at radius 1 is 1.26 bits per heavy atom. The maximum absolute atomic E-state index is 4.74. The van der Waals surface area contributed by atoms with Crippen LogP contribution >= 0.6 is 0 Å². The van der Waals surface area contributed by atoms with Crippen LogP contribution in [0.5, 0.6) is 0 Å². The molecule has 2 saturated carbocycles. The molecule has 2 aliphatic carbocycles. The Balaban J connectivity index is 1.78. The van der Waals surface area contributed by atoms with Gasteiger partial charge in [0.1, 0.15) is 0 Å². The molecule has 0 saturated heterocycles. The van der Waals surface area contributed by atoms with Crippen LogP contribution < -0.4 is 10.6 Å². The summed E-state index contributed by atoms with van der Waals surface area (Å²) in [5, 5.41) is 6.86. The molecule has 4 heteroatoms. The molecule has 0 radical (unpaired) electrons. The van der Waals surface area contributed by atoms with Crippen molar-refractivity contribution in [3.63, 3.8) is 0 Å². The summed E-state index contributed by atoms with van der Waals surface area (Å²) in [5.41, 5.74) is 3.30. The molecule has 4 nitrogen and oxygen atoms in total. The zero-order chi connectivity index (χ0) is 16.1. The molecule has 1 heterocycles. The Kier molecular flexibility index (Phi) is 5.31. The molecule has 0 unspecified atom stereocenters. The number of hydrogen-bond donors (Lipinski definition) is 2. The fourth-order valence-corrected chi connectivity index (χ4v) is 3.35. The van der Waals surface area contributed by atoms with E-state index in [1.807, 2.05) is 25.4 Å². The van der Waals surface area contributed by atoms with Crippen LogP contribution in [0, 0.1) is 5.92 Å². The van der Waals surface area contributed by atoms with Gasteiger partial charge in [-0.25, -0.2) is 9.97 Å². The molecule has 0 spiro atoms. The fraction of sp³-hybridized carbons (Fsp3) is 0.579. The van der Waals surface area contributed by atoms with Crippen molar-refractivity contribution in [3.05, 3.63) is 36.3 Å². The van der Waals surface area contributed by atoms with E-state index in [0.29, 0.717) is 6.04 Å². The topological polar surface area (TPSA) is 49.8 Å². The molecule has 2 aliphatic rings. The lowest BCUT2D eigenvalue weighted by Gasteiger charge is -2.23. The highest BCUT2D eigenvalue weighted by molar-refractivity contribution is 5.74. The van der Waals surface area contributed by atoms with Gasteiger partial charge in [0.15, 0.2) is 0 Å². The van der Waals surface area contributed by atoms with Crippen molar-refractivity contribution >= 4 is 11.5 Å². The van der Waals surface area contributed by atoms with E-state index >= 15 is 0 Å². The highest BCUT2D eigenvalue weighted by Gasteiger charge is 2.24. The zero-order valence-corrected chi connectivity index (χ0v) is 14.1. The first-order valence-electron chi connectivity index (χ1n) is 8.93. The average Bonchev–Trinajstić information content (AvgIpc) is 3.40. The summed E-state index contributed by atoms with van der Waals surface area (Å²) in [7, 11) is 1.99. The van der Waals surface area contributed by atoms with Crippen molar-refractivity contribution in [2.75, 3.05) is 12.4 Å². The largest absolute Gasteiger partial charge is 0.391 e. The lowest BCUT2D eigenvalue weighted by atomic mass is 9.96. The Morgan fingerprint density at radius 3 is 2.70 bits per heavy atom. The standard InChI is InChI=1S/C19H28N4/c1-3-16(18(20-2)13-14-9-10-14)17-11-12-21-19(23-17)22-15-7-5-4-6-8-15/h3,11-12,14-15,20H,1,4-10,13H2,2H3,(H,21,22,23)/b18-16+. The van der Waals surface area contributed by atoms with Crippen molar-refractivity contribution < 1.29 is 0 Å². The van der Waals surface area contributed by atoms with Crippen LogP contribution in [0.25, 0.3) is 5.57 Å². The first kappa shape index (κ1) is 16.0. The van der Waals surface area contributed by atoms with Gasteiger partial charge in [-0.05, 0) is 44.1 Å². The highest BCUT2D eigenvalue weighted by Crippen LogP contribution is 2.36. The van der Waals surface area contributed by atoms with Crippen molar-refractivity contribution in [2.45, 2.75) is 57.4 Å². The van der Waals surface area contributed by atoms with Crippen molar-refractivity contribution in [2.24, 2.45) is 5.92 Å². The Morgan fingerprint density at radius 2 is 2.04 bits per heavy atom. The van der Waals surface area contributed by atoms with Gasteiger partial charge in [0.2, 0.25) is 5.95 Å². The number of nitrogens with zero attached hydrogens (tertiary/aromatic N) is 2. The van der Waals surface area contributed by atoms with Gasteiger partial charge >= 0.3 is 0 Å². The number of anilines is 1. The van der Waals surface area contributed by atoms with E-state index in [-0.39, 0.29) is 0 Å². The molecule has 0 amide bonds. The van der Waals surface area contributed by atoms with E-state index in [2.05, 4.69) is 22.2 Å². The summed E-state index contributed by atoms with van der Waals surface area (Å²) in [5.74, 6) is 1.57. The predicted octanol–water partition coefficient (Wildman–Crippen LogP) is 4.14. The van der Waals surface area contributed by atoms with Crippen molar-refractivity contribution in [1.82, 2.24) is 15.3 Å². The van der Waals surface area contributed by atoms with Gasteiger partial charge in [-0.3, -0.25) is 0 Å². The molecule has 2 N–H and O–H groups in total. The van der Waals surface area contributed by atoms with Crippen molar-refractivity contribution in [1.29, 1.82) is 0 Å². The third-order valence-electron chi connectivity index (χ3n) is 4.89. The zero-order valence-electron chi connectivity index (χ0n) is 14.1. The average molecular weight is 312 g/mol. The third kappa shape index (κ3) is 4.34. The second kappa shape index (κ2) is 7.62. The molecular formula is C19H28N4. The van der Waals surface area contributed by atoms with Crippen LogP contribution in [-0.2, 0) is 0 Å². The minimum atomic E-state index is 0.519. The molecule has 0 atom stereocenters. The van der Waals surface area contributed by atoms with Crippen LogP contribution in [0.4, 0.5) is 5.95 Å². The van der Waals surface area contributed by atoms with Crippen LogP contribution in [0.3, 0.4) is 0 Å². The summed E-state index contributed by atoms with van der Waals surface area (Å²) in [4.78, 5) is 9.15. The summed E-state index contributed by atoms with van der Waals surface area (Å²) in [6, 6.07) is 2.50. The Hall–Kier alpha value is -1.84. The minimum Gasteiger partial charge on any atom is -0.391 e. The molecular weight excluding hydrogens is 284 g/mol. The van der Waals surface area contributed by atoms with E-state index in [1.165, 1.54) is 50.6 Å². The van der Waals surface area contributed by atoms with E-state index in [1.54, 1.807) is 0 Å². The Bertz CT molecular complexity index is 568. The third-order valence-corrected chi connectivity index (χ3v) is 4.89. The second-order valence-corrected chi connectivity index (χ2v) is 6.74. The first-order chi connectivity index (χ1) is 11.3. The summed E-state index contributed by atoms with van der Waals surface area (Å²) in [6.07, 6.45) is 14.0. The maximum Gasteiger partial charge on any atom is 0.223 e. The summed E-state index contributed by atoms with van der Waals surface area (Å²) >= 11 is 0. The van der Waals surface area contributed by atoms with Crippen LogP contribution in [0.2, 0.25) is 0 Å². The number of aromatic nitrogens is 2. The number of allylic oxidation sites excluding steroid dienone is 3. The maximum atomic E-state index is 4.74. The SMILES string of the molecule is C=C/C(=C(/CC1CC1)NC)c1ccnc(NC2CCCCC2)n1. The summed E-state index contributed by atoms with van der Waals surface area (Å²) in [6.45, 7) is 4.00. The smallest absolute Gasteiger partial charge is 0.223 e. The van der Waals surface area contributed by atoms with Gasteiger partial charge in [-0.2, -0.15) is 0 Å². The van der Waals surface area contributed by atoms with Crippen LogP contribution in [0.15, 0.2) is 30.6 Å². The van der Waals surface area contributed by atoms with Gasteiger partial charge in [-0.1, -0.05) is 31.9 Å². The van der Waals surface area contributed by atoms with Gasteiger partial charge in [-0.15, -0.1) is 0 Å². The molecule has 0 aliphatic heterocycles. The molecule has 2 fully saturated rings. The van der Waals surface area contributed by atoms with Gasteiger partial charge in [0, 0.05) is 30.6 Å².